The Morgan fingerprint density at radius 2 is 2.23 bits per heavy atom. The van der Waals surface area contributed by atoms with Gasteiger partial charge in [-0.05, 0) is 13.0 Å². The van der Waals surface area contributed by atoms with Gasteiger partial charge in [0.25, 0.3) is 0 Å². The molecule has 1 fully saturated rings. The number of aromatic nitrogens is 1. The van der Waals surface area contributed by atoms with E-state index < -0.39 is 0 Å². The van der Waals surface area contributed by atoms with E-state index in [0.29, 0.717) is 24.8 Å². The Morgan fingerprint density at radius 3 is 2.95 bits per heavy atom. The molecule has 116 valence electrons. The van der Waals surface area contributed by atoms with Gasteiger partial charge in [-0.1, -0.05) is 30.3 Å². The number of carbonyl (C=O) groups is 1. The highest BCUT2D eigenvalue weighted by Gasteiger charge is 2.23. The second-order valence-electron chi connectivity index (χ2n) is 5.64. The Bertz CT molecular complexity index is 618. The lowest BCUT2D eigenvalue weighted by Crippen LogP contribution is -2.38. The summed E-state index contributed by atoms with van der Waals surface area (Å²) in [6.07, 6.45) is 3.72. The molecule has 0 saturated carbocycles. The topological polar surface area (TPSA) is 58.4 Å². The molecule has 1 aliphatic rings. The van der Waals surface area contributed by atoms with Gasteiger partial charge in [-0.25, -0.2) is 4.98 Å². The van der Waals surface area contributed by atoms with E-state index in [4.69, 9.17) is 4.42 Å². The highest BCUT2D eigenvalue weighted by Crippen LogP contribution is 2.20. The van der Waals surface area contributed by atoms with Crippen molar-refractivity contribution in [3.05, 3.63) is 42.4 Å². The van der Waals surface area contributed by atoms with Crippen molar-refractivity contribution in [1.82, 2.24) is 15.2 Å². The number of likely N-dealkylation sites (N-methyl/N-ethyl adjacent to an activating group) is 1. The average Bonchev–Trinajstić information content (AvgIpc) is 3.24. The van der Waals surface area contributed by atoms with Crippen molar-refractivity contribution < 1.29 is 9.21 Å². The van der Waals surface area contributed by atoms with Crippen molar-refractivity contribution >= 4 is 5.91 Å². The lowest BCUT2D eigenvalue weighted by Gasteiger charge is -2.23. The summed E-state index contributed by atoms with van der Waals surface area (Å²) in [4.78, 5) is 18.3. The Kier molecular flexibility index (Phi) is 4.53. The molecule has 1 aliphatic heterocycles. The van der Waals surface area contributed by atoms with Crippen LogP contribution in [0.15, 0.2) is 40.9 Å². The summed E-state index contributed by atoms with van der Waals surface area (Å²) in [5.74, 6) is 1.51. The first kappa shape index (κ1) is 14.8. The van der Waals surface area contributed by atoms with Gasteiger partial charge in [-0.2, -0.15) is 0 Å². The number of benzene rings is 1. The summed E-state index contributed by atoms with van der Waals surface area (Å²) >= 11 is 0. The van der Waals surface area contributed by atoms with E-state index in [1.165, 1.54) is 0 Å². The maximum Gasteiger partial charge on any atom is 0.223 e. The molecule has 0 radical (unpaired) electrons. The molecule has 1 saturated heterocycles. The number of aryl methyl sites for hydroxylation is 1. The molecule has 0 aliphatic carbocycles. The van der Waals surface area contributed by atoms with Crippen LogP contribution < -0.4 is 5.32 Å². The SMILES string of the molecule is CN(C(=O)CCc1ncc(-c2ccccc2)o1)C1CCNC1. The van der Waals surface area contributed by atoms with Crippen LogP contribution in [0.5, 0.6) is 0 Å². The van der Waals surface area contributed by atoms with Gasteiger partial charge < -0.3 is 14.6 Å². The zero-order valence-corrected chi connectivity index (χ0v) is 12.8. The summed E-state index contributed by atoms with van der Waals surface area (Å²) < 4.78 is 5.73. The molecule has 5 nitrogen and oxygen atoms in total. The molecular formula is C17H21N3O2. The number of hydrogen-bond donors (Lipinski definition) is 1. The molecular weight excluding hydrogens is 278 g/mol. The molecule has 0 spiro atoms. The van der Waals surface area contributed by atoms with Crippen LogP contribution in [0, 0.1) is 0 Å². The molecule has 1 atom stereocenters. The van der Waals surface area contributed by atoms with Crippen LogP contribution in [0.4, 0.5) is 0 Å². The first-order valence-electron chi connectivity index (χ1n) is 7.70. The molecule has 3 rings (SSSR count). The summed E-state index contributed by atoms with van der Waals surface area (Å²) in [7, 11) is 1.88. The first-order valence-corrected chi connectivity index (χ1v) is 7.70. The number of nitrogens with zero attached hydrogens (tertiary/aromatic N) is 2. The minimum absolute atomic E-state index is 0.146. The van der Waals surface area contributed by atoms with Crippen molar-refractivity contribution in [2.24, 2.45) is 0 Å². The van der Waals surface area contributed by atoms with E-state index in [0.717, 1.165) is 30.8 Å². The molecule has 22 heavy (non-hydrogen) atoms. The van der Waals surface area contributed by atoms with E-state index in [-0.39, 0.29) is 5.91 Å². The number of carbonyl (C=O) groups excluding carboxylic acids is 1. The fourth-order valence-electron chi connectivity index (χ4n) is 2.73. The average molecular weight is 299 g/mol. The van der Waals surface area contributed by atoms with Crippen LogP contribution in [-0.4, -0.2) is 42.0 Å². The molecule has 0 bridgehead atoms. The third-order valence-corrected chi connectivity index (χ3v) is 4.14. The molecule has 1 aromatic heterocycles. The fourth-order valence-corrected chi connectivity index (χ4v) is 2.73. The fraction of sp³-hybridized carbons (Fsp3) is 0.412. The zero-order valence-electron chi connectivity index (χ0n) is 12.8. The van der Waals surface area contributed by atoms with Crippen LogP contribution in [0.3, 0.4) is 0 Å². The second kappa shape index (κ2) is 6.75. The lowest BCUT2D eigenvalue weighted by molar-refractivity contribution is -0.131. The molecule has 2 heterocycles. The molecule has 2 aromatic rings. The quantitative estimate of drug-likeness (QED) is 0.918. The lowest BCUT2D eigenvalue weighted by atomic mass is 10.2. The van der Waals surface area contributed by atoms with Gasteiger partial charge in [0.2, 0.25) is 5.91 Å². The molecule has 1 amide bonds. The number of rotatable bonds is 5. The van der Waals surface area contributed by atoms with Crippen LogP contribution in [-0.2, 0) is 11.2 Å². The van der Waals surface area contributed by atoms with E-state index in [9.17, 15) is 4.79 Å². The van der Waals surface area contributed by atoms with Crippen molar-refractivity contribution in [3.63, 3.8) is 0 Å². The van der Waals surface area contributed by atoms with Gasteiger partial charge >= 0.3 is 0 Å². The summed E-state index contributed by atoms with van der Waals surface area (Å²) in [5.41, 5.74) is 1.00. The largest absolute Gasteiger partial charge is 0.441 e. The Labute approximate surface area is 130 Å². The standard InChI is InChI=1S/C17H21N3O2/c1-20(14-9-10-18-11-14)17(21)8-7-16-19-12-15(22-16)13-5-3-2-4-6-13/h2-6,12,14,18H,7-11H2,1H3. The van der Waals surface area contributed by atoms with E-state index >= 15 is 0 Å². The number of oxazole rings is 1. The normalized spacial score (nSPS) is 17.6. The van der Waals surface area contributed by atoms with Gasteiger partial charge in [-0.15, -0.1) is 0 Å². The molecule has 5 heteroatoms. The van der Waals surface area contributed by atoms with Gasteiger partial charge in [-0.3, -0.25) is 4.79 Å². The van der Waals surface area contributed by atoms with Crippen LogP contribution in [0.2, 0.25) is 0 Å². The van der Waals surface area contributed by atoms with Gasteiger partial charge in [0.15, 0.2) is 11.7 Å². The highest BCUT2D eigenvalue weighted by molar-refractivity contribution is 5.76. The first-order chi connectivity index (χ1) is 10.7. The van der Waals surface area contributed by atoms with Crippen molar-refractivity contribution in [1.29, 1.82) is 0 Å². The third-order valence-electron chi connectivity index (χ3n) is 4.14. The summed E-state index contributed by atoms with van der Waals surface area (Å²) in [5, 5.41) is 3.28. The van der Waals surface area contributed by atoms with Crippen LogP contribution in [0.1, 0.15) is 18.7 Å². The summed E-state index contributed by atoms with van der Waals surface area (Å²) in [6, 6.07) is 10.2. The van der Waals surface area contributed by atoms with E-state index in [1.54, 1.807) is 6.20 Å². The van der Waals surface area contributed by atoms with Crippen LogP contribution in [0.25, 0.3) is 11.3 Å². The third kappa shape index (κ3) is 3.36. The molecule has 1 aromatic carbocycles. The maximum atomic E-state index is 12.2. The summed E-state index contributed by atoms with van der Waals surface area (Å²) in [6.45, 7) is 1.88. The minimum Gasteiger partial charge on any atom is -0.441 e. The Morgan fingerprint density at radius 1 is 1.41 bits per heavy atom. The van der Waals surface area contributed by atoms with Gasteiger partial charge in [0, 0.05) is 38.0 Å². The number of hydrogen-bond acceptors (Lipinski definition) is 4. The van der Waals surface area contributed by atoms with Crippen LogP contribution >= 0.6 is 0 Å². The maximum absolute atomic E-state index is 12.2. The monoisotopic (exact) mass is 299 g/mol. The van der Waals surface area contributed by atoms with Crippen molar-refractivity contribution in [2.45, 2.75) is 25.3 Å². The van der Waals surface area contributed by atoms with Crippen molar-refractivity contribution in [2.75, 3.05) is 20.1 Å². The number of amides is 1. The predicted octanol–water partition coefficient (Wildman–Crippen LogP) is 2.09. The van der Waals surface area contributed by atoms with E-state index in [1.807, 2.05) is 42.3 Å². The Balaban J connectivity index is 1.55. The van der Waals surface area contributed by atoms with Crippen molar-refractivity contribution in [3.8, 4) is 11.3 Å². The second-order valence-corrected chi connectivity index (χ2v) is 5.64. The minimum atomic E-state index is 0.146. The van der Waals surface area contributed by atoms with Gasteiger partial charge in [0.05, 0.1) is 6.20 Å². The Hall–Kier alpha value is -2.14. The van der Waals surface area contributed by atoms with Gasteiger partial charge in [0.1, 0.15) is 0 Å². The molecule has 1 N–H and O–H groups in total. The smallest absolute Gasteiger partial charge is 0.223 e. The van der Waals surface area contributed by atoms with E-state index in [2.05, 4.69) is 10.3 Å². The zero-order chi connectivity index (χ0) is 15.4. The number of nitrogens with one attached hydrogen (secondary N) is 1. The molecule has 1 unspecified atom stereocenters. The highest BCUT2D eigenvalue weighted by atomic mass is 16.4. The predicted molar refractivity (Wildman–Crippen MR) is 84.3 cm³/mol.